The number of non-ortho nitro benzene ring substituents is 1. The van der Waals surface area contributed by atoms with Crippen LogP contribution in [0.25, 0.3) is 0 Å². The maximum Gasteiger partial charge on any atom is 0.269 e. The highest BCUT2D eigenvalue weighted by Crippen LogP contribution is 2.13. The van der Waals surface area contributed by atoms with Gasteiger partial charge in [-0.3, -0.25) is 10.1 Å². The summed E-state index contributed by atoms with van der Waals surface area (Å²) in [6.07, 6.45) is -0.596. The van der Waals surface area contributed by atoms with Crippen LogP contribution in [0.4, 0.5) is 5.69 Å². The highest BCUT2D eigenvalue weighted by molar-refractivity contribution is 5.56. The molecule has 0 radical (unpaired) electrons. The van der Waals surface area contributed by atoms with Crippen LogP contribution in [0.2, 0.25) is 0 Å². The molecule has 5 nitrogen and oxygen atoms in total. The van der Waals surface area contributed by atoms with Gasteiger partial charge in [-0.25, -0.2) is 0 Å². The topological polar surface area (TPSA) is 80.4 Å². The van der Waals surface area contributed by atoms with Crippen LogP contribution in [0.3, 0.4) is 0 Å². The first-order chi connectivity index (χ1) is 6.63. The van der Waals surface area contributed by atoms with Gasteiger partial charge in [-0.15, -0.1) is 0 Å². The van der Waals surface area contributed by atoms with Crippen LogP contribution in [0.15, 0.2) is 24.3 Å². The molecule has 14 heavy (non-hydrogen) atoms. The monoisotopic (exact) mass is 195 g/mol. The van der Waals surface area contributed by atoms with Crippen molar-refractivity contribution in [3.05, 3.63) is 39.9 Å². The van der Waals surface area contributed by atoms with Crippen molar-refractivity contribution in [3.63, 3.8) is 0 Å². The molecule has 1 aromatic rings. The van der Waals surface area contributed by atoms with Gasteiger partial charge in [0.25, 0.3) is 5.69 Å². The van der Waals surface area contributed by atoms with E-state index in [0.717, 1.165) is 0 Å². The molecule has 74 valence electrons. The molecule has 5 heteroatoms. The van der Waals surface area contributed by atoms with Crippen molar-refractivity contribution in [1.29, 1.82) is 0 Å². The van der Waals surface area contributed by atoms with Gasteiger partial charge in [-0.2, -0.15) is 0 Å². The molecule has 1 aromatic carbocycles. The molecule has 0 saturated carbocycles. The number of aldehydes is 1. The summed E-state index contributed by atoms with van der Waals surface area (Å²) in [7, 11) is 0. The summed E-state index contributed by atoms with van der Waals surface area (Å²) in [4.78, 5) is 20.0. The molecule has 0 aliphatic heterocycles. The second-order valence-corrected chi connectivity index (χ2v) is 2.83. The molecule has 0 heterocycles. The Balaban J connectivity index is 2.83. The van der Waals surface area contributed by atoms with Gasteiger partial charge >= 0.3 is 0 Å². The Labute approximate surface area is 80.1 Å². The molecule has 0 spiro atoms. The lowest BCUT2D eigenvalue weighted by Gasteiger charge is -2.02. The fraction of sp³-hybridized carbons (Fsp3) is 0.222. The highest BCUT2D eigenvalue weighted by atomic mass is 16.6. The van der Waals surface area contributed by atoms with Gasteiger partial charge in [0.05, 0.1) is 4.92 Å². The third-order valence-electron chi connectivity index (χ3n) is 1.72. The Morgan fingerprint density at radius 3 is 2.86 bits per heavy atom. The number of rotatable bonds is 4. The first-order valence-corrected chi connectivity index (χ1v) is 4.00. The van der Waals surface area contributed by atoms with Gasteiger partial charge in [-0.05, 0) is 5.56 Å². The molecule has 0 amide bonds. The lowest BCUT2D eigenvalue weighted by Crippen LogP contribution is -2.11. The summed E-state index contributed by atoms with van der Waals surface area (Å²) < 4.78 is 0. The number of hydrogen-bond donors (Lipinski definition) is 1. The number of aliphatic hydroxyl groups is 1. The smallest absolute Gasteiger partial charge is 0.269 e. The lowest BCUT2D eigenvalue weighted by molar-refractivity contribution is -0.384. The maximum absolute atomic E-state index is 10.4. The number of benzene rings is 1. The Morgan fingerprint density at radius 2 is 2.29 bits per heavy atom. The quantitative estimate of drug-likeness (QED) is 0.435. The van der Waals surface area contributed by atoms with Crippen molar-refractivity contribution >= 4 is 12.0 Å². The van der Waals surface area contributed by atoms with Crippen LogP contribution in [-0.2, 0) is 11.2 Å². The number of nitrogens with zero attached hydrogens (tertiary/aromatic N) is 1. The van der Waals surface area contributed by atoms with Crippen molar-refractivity contribution in [1.82, 2.24) is 0 Å². The minimum absolute atomic E-state index is 0.0411. The van der Waals surface area contributed by atoms with E-state index in [4.69, 9.17) is 5.11 Å². The second kappa shape index (κ2) is 4.48. The Kier molecular flexibility index (Phi) is 3.30. The number of aliphatic hydroxyl groups excluding tert-OH is 1. The summed E-state index contributed by atoms with van der Waals surface area (Å²) >= 11 is 0. The van der Waals surface area contributed by atoms with Crippen LogP contribution in [0.5, 0.6) is 0 Å². The first-order valence-electron chi connectivity index (χ1n) is 4.00. The molecule has 1 unspecified atom stereocenters. The molecule has 0 bridgehead atoms. The van der Waals surface area contributed by atoms with E-state index in [9.17, 15) is 14.9 Å². The molecule has 1 N–H and O–H groups in total. The van der Waals surface area contributed by atoms with E-state index >= 15 is 0 Å². The summed E-state index contributed by atoms with van der Waals surface area (Å²) in [5, 5.41) is 19.4. The maximum atomic E-state index is 10.4. The highest BCUT2D eigenvalue weighted by Gasteiger charge is 2.08. The largest absolute Gasteiger partial charge is 0.385 e. The number of nitro benzene ring substituents is 1. The third-order valence-corrected chi connectivity index (χ3v) is 1.72. The zero-order valence-electron chi connectivity index (χ0n) is 7.29. The number of carbonyl (C=O) groups is 1. The Bertz CT molecular complexity index is 350. The average molecular weight is 195 g/mol. The zero-order valence-corrected chi connectivity index (χ0v) is 7.29. The zero-order chi connectivity index (χ0) is 10.6. The molecule has 1 atom stereocenters. The van der Waals surface area contributed by atoms with E-state index < -0.39 is 11.0 Å². The predicted octanol–water partition coefficient (Wildman–Crippen LogP) is 0.697. The Morgan fingerprint density at radius 1 is 1.57 bits per heavy atom. The van der Waals surface area contributed by atoms with E-state index in [-0.39, 0.29) is 12.1 Å². The van der Waals surface area contributed by atoms with Crippen LogP contribution in [0.1, 0.15) is 5.56 Å². The van der Waals surface area contributed by atoms with Crippen LogP contribution in [-0.4, -0.2) is 22.4 Å². The molecular weight excluding hydrogens is 186 g/mol. The predicted molar refractivity (Wildman–Crippen MR) is 48.9 cm³/mol. The van der Waals surface area contributed by atoms with Crippen molar-refractivity contribution in [2.75, 3.05) is 0 Å². The van der Waals surface area contributed by atoms with Crippen LogP contribution >= 0.6 is 0 Å². The van der Waals surface area contributed by atoms with Crippen molar-refractivity contribution < 1.29 is 14.8 Å². The summed E-state index contributed by atoms with van der Waals surface area (Å²) in [6, 6.07) is 5.84. The van der Waals surface area contributed by atoms with Crippen molar-refractivity contribution in [2.24, 2.45) is 0 Å². The fourth-order valence-corrected chi connectivity index (χ4v) is 1.09. The SMILES string of the molecule is O=CC(O)Cc1cccc([N+](=O)[O-])c1. The first kappa shape index (κ1) is 10.3. The van der Waals surface area contributed by atoms with Crippen molar-refractivity contribution in [3.8, 4) is 0 Å². The van der Waals surface area contributed by atoms with E-state index in [1.165, 1.54) is 18.2 Å². The van der Waals surface area contributed by atoms with E-state index in [0.29, 0.717) is 11.8 Å². The van der Waals surface area contributed by atoms with E-state index in [1.54, 1.807) is 6.07 Å². The van der Waals surface area contributed by atoms with E-state index in [2.05, 4.69) is 0 Å². The van der Waals surface area contributed by atoms with Gasteiger partial charge in [0.2, 0.25) is 0 Å². The average Bonchev–Trinajstić information content (AvgIpc) is 2.18. The molecule has 0 saturated heterocycles. The van der Waals surface area contributed by atoms with Gasteiger partial charge < -0.3 is 9.90 Å². The molecule has 1 rings (SSSR count). The van der Waals surface area contributed by atoms with Gasteiger partial charge in [-0.1, -0.05) is 12.1 Å². The van der Waals surface area contributed by atoms with E-state index in [1.807, 2.05) is 0 Å². The summed E-state index contributed by atoms with van der Waals surface area (Å²) in [5.41, 5.74) is 0.527. The van der Waals surface area contributed by atoms with Gasteiger partial charge in [0.15, 0.2) is 0 Å². The van der Waals surface area contributed by atoms with Crippen molar-refractivity contribution in [2.45, 2.75) is 12.5 Å². The van der Waals surface area contributed by atoms with Crippen LogP contribution in [0, 0.1) is 10.1 Å². The minimum atomic E-state index is -1.10. The third kappa shape index (κ3) is 2.63. The minimum Gasteiger partial charge on any atom is -0.385 e. The number of nitro groups is 1. The molecule has 0 aliphatic carbocycles. The molecule has 0 fully saturated rings. The van der Waals surface area contributed by atoms with Gasteiger partial charge in [0.1, 0.15) is 12.4 Å². The van der Waals surface area contributed by atoms with Gasteiger partial charge in [0, 0.05) is 18.6 Å². The second-order valence-electron chi connectivity index (χ2n) is 2.83. The molecule has 0 aliphatic rings. The standard InChI is InChI=1S/C9H9NO4/c11-6-9(12)5-7-2-1-3-8(4-7)10(13)14/h1-4,6,9,12H,5H2. The summed E-state index contributed by atoms with van der Waals surface area (Å²) in [5.74, 6) is 0. The number of carbonyl (C=O) groups excluding carboxylic acids is 1. The number of hydrogen-bond acceptors (Lipinski definition) is 4. The Hall–Kier alpha value is -1.75. The normalized spacial score (nSPS) is 12.1. The van der Waals surface area contributed by atoms with Crippen LogP contribution < -0.4 is 0 Å². The summed E-state index contributed by atoms with van der Waals surface area (Å²) in [6.45, 7) is 0. The molecule has 0 aromatic heterocycles. The molecular formula is C9H9NO4. The lowest BCUT2D eigenvalue weighted by atomic mass is 10.1. The fourth-order valence-electron chi connectivity index (χ4n) is 1.09.